The molecular weight excluding hydrogens is 377 g/mol. The molecule has 0 spiro atoms. The Kier molecular flexibility index (Phi) is 3.85. The monoisotopic (exact) mass is 387 g/mol. The molecule has 1 unspecified atom stereocenters. The van der Waals surface area contributed by atoms with Crippen LogP contribution in [0.15, 0.2) is 29.0 Å². The van der Waals surface area contributed by atoms with Crippen LogP contribution in [0.25, 0.3) is 10.9 Å². The van der Waals surface area contributed by atoms with Crippen LogP contribution in [0.5, 0.6) is 0 Å². The second-order valence-corrected chi connectivity index (χ2v) is 7.47. The fraction of sp³-hybridized carbons (Fsp3) is 0.308. The van der Waals surface area contributed by atoms with Crippen LogP contribution >= 0.6 is 15.9 Å². The Bertz CT molecular complexity index is 859. The van der Waals surface area contributed by atoms with Crippen molar-refractivity contribution in [3.05, 3.63) is 29.0 Å². The lowest BCUT2D eigenvalue weighted by molar-refractivity contribution is -0.117. The van der Waals surface area contributed by atoms with E-state index in [1.54, 1.807) is 12.1 Å². The Hall–Kier alpha value is -1.61. The van der Waals surface area contributed by atoms with Crippen LogP contribution in [0.3, 0.4) is 0 Å². The van der Waals surface area contributed by atoms with E-state index in [-0.39, 0.29) is 18.9 Å². The van der Waals surface area contributed by atoms with Crippen LogP contribution in [0, 0.1) is 5.92 Å². The quantitative estimate of drug-likeness (QED) is 0.752. The molecule has 1 saturated heterocycles. The maximum atomic E-state index is 12.8. The van der Waals surface area contributed by atoms with Crippen molar-refractivity contribution in [3.8, 4) is 0 Å². The Morgan fingerprint density at radius 2 is 2.14 bits per heavy atom. The Balaban J connectivity index is 1.98. The number of hydrogen-bond donors (Lipinski definition) is 0. The molecule has 1 aliphatic rings. The molecule has 1 aliphatic heterocycles. The lowest BCUT2D eigenvalue weighted by atomic mass is 10.1. The molecule has 0 radical (unpaired) electrons. The second-order valence-electron chi connectivity index (χ2n) is 5.14. The van der Waals surface area contributed by atoms with Crippen molar-refractivity contribution in [2.45, 2.75) is 6.42 Å². The molecule has 1 aromatic heterocycles. The van der Waals surface area contributed by atoms with Gasteiger partial charge >= 0.3 is 10.2 Å². The Morgan fingerprint density at radius 3 is 2.86 bits per heavy atom. The van der Waals surface area contributed by atoms with Gasteiger partial charge in [0, 0.05) is 28.7 Å². The normalized spacial score (nSPS) is 19.1. The summed E-state index contributed by atoms with van der Waals surface area (Å²) in [5.74, 6) is -1.08. The molecule has 0 aliphatic carbocycles. The smallest absolute Gasteiger partial charge is 0.296 e. The predicted molar refractivity (Wildman–Crippen MR) is 82.6 cm³/mol. The summed E-state index contributed by atoms with van der Waals surface area (Å²) < 4.78 is 35.2. The predicted octanol–water partition coefficient (Wildman–Crippen LogP) is 2.04. The van der Waals surface area contributed by atoms with Crippen molar-refractivity contribution in [1.29, 1.82) is 0 Å². The maximum absolute atomic E-state index is 12.8. The highest BCUT2D eigenvalue weighted by molar-refractivity contribution is 9.10. The number of amides is 1. The molecule has 1 atom stereocenters. The van der Waals surface area contributed by atoms with Gasteiger partial charge in [-0.05, 0) is 18.2 Å². The molecule has 22 heavy (non-hydrogen) atoms. The van der Waals surface area contributed by atoms with Crippen LogP contribution in [-0.4, -0.2) is 36.6 Å². The lowest BCUT2D eigenvalue weighted by Crippen LogP contribution is -2.26. The van der Waals surface area contributed by atoms with Crippen molar-refractivity contribution in [1.82, 2.24) is 9.97 Å². The van der Waals surface area contributed by atoms with E-state index in [9.17, 15) is 17.1 Å². The fourth-order valence-corrected chi connectivity index (χ4v) is 3.76. The number of benzene rings is 1. The van der Waals surface area contributed by atoms with E-state index in [2.05, 4.69) is 25.9 Å². The average molecular weight is 388 g/mol. The first-order chi connectivity index (χ1) is 10.3. The minimum absolute atomic E-state index is 0.0113. The van der Waals surface area contributed by atoms with E-state index in [0.717, 1.165) is 4.47 Å². The minimum atomic E-state index is -4.60. The number of nitrogens with zero attached hydrogens (tertiary/aromatic N) is 3. The number of hydrogen-bond acceptors (Lipinski definition) is 5. The van der Waals surface area contributed by atoms with Crippen molar-refractivity contribution in [2.75, 3.05) is 17.2 Å². The summed E-state index contributed by atoms with van der Waals surface area (Å²) in [5, 5.41) is 0.675. The Morgan fingerprint density at radius 1 is 1.36 bits per heavy atom. The molecule has 1 aromatic carbocycles. The van der Waals surface area contributed by atoms with E-state index >= 15 is 0 Å². The van der Waals surface area contributed by atoms with Crippen molar-refractivity contribution >= 4 is 48.8 Å². The summed E-state index contributed by atoms with van der Waals surface area (Å²) in [6.45, 7) is 0.126. The first kappa shape index (κ1) is 15.3. The first-order valence-electron chi connectivity index (χ1n) is 6.46. The van der Waals surface area contributed by atoms with E-state index < -0.39 is 21.9 Å². The number of rotatable bonds is 3. The number of aromatic nitrogens is 2. The Labute approximate surface area is 134 Å². The van der Waals surface area contributed by atoms with Crippen molar-refractivity contribution < 1.29 is 17.1 Å². The molecule has 1 fully saturated rings. The van der Waals surface area contributed by atoms with Crippen LogP contribution in [-0.2, 0) is 15.0 Å². The zero-order chi connectivity index (χ0) is 15.9. The van der Waals surface area contributed by atoms with Crippen molar-refractivity contribution in [3.63, 3.8) is 0 Å². The topological polar surface area (TPSA) is 80.2 Å². The summed E-state index contributed by atoms with van der Waals surface area (Å²) in [6.07, 6.45) is 1.33. The summed E-state index contributed by atoms with van der Waals surface area (Å²) >= 11 is 3.35. The number of halogens is 2. The first-order valence-corrected chi connectivity index (χ1v) is 8.81. The van der Waals surface area contributed by atoms with Gasteiger partial charge in [0.25, 0.3) is 0 Å². The third-order valence-electron chi connectivity index (χ3n) is 3.47. The third-order valence-corrected chi connectivity index (χ3v) is 4.83. The number of fused-ring (bicyclic) bond motifs is 1. The highest BCUT2D eigenvalue weighted by Gasteiger charge is 2.35. The summed E-state index contributed by atoms with van der Waals surface area (Å²) in [7, 11) is -4.60. The largest absolute Gasteiger partial charge is 0.302 e. The highest BCUT2D eigenvalue weighted by atomic mass is 79.9. The zero-order valence-corrected chi connectivity index (χ0v) is 13.6. The van der Waals surface area contributed by atoms with Gasteiger partial charge in [-0.3, -0.25) is 9.69 Å². The maximum Gasteiger partial charge on any atom is 0.302 e. The number of anilines is 1. The van der Waals surface area contributed by atoms with Gasteiger partial charge in [0.1, 0.15) is 12.1 Å². The van der Waals surface area contributed by atoms with E-state index in [4.69, 9.17) is 0 Å². The summed E-state index contributed by atoms with van der Waals surface area (Å²) in [4.78, 5) is 21.8. The lowest BCUT2D eigenvalue weighted by Gasteiger charge is -2.17. The minimum Gasteiger partial charge on any atom is -0.296 e. The fourth-order valence-electron chi connectivity index (χ4n) is 2.61. The van der Waals surface area contributed by atoms with Gasteiger partial charge in [-0.15, -0.1) is 3.89 Å². The summed E-state index contributed by atoms with van der Waals surface area (Å²) in [5.41, 5.74) is 0.669. The van der Waals surface area contributed by atoms with Gasteiger partial charge in [0.15, 0.2) is 0 Å². The standard InChI is InChI=1S/C13H11BrFN3O3S/c14-9-1-2-11-10(4-9)13(17-7-16-11)18-5-8(3-12(18)19)6-22(15,20)21/h1-2,4,7-8H,3,5-6H2. The van der Waals surface area contributed by atoms with Crippen LogP contribution in [0.2, 0.25) is 0 Å². The van der Waals surface area contributed by atoms with Gasteiger partial charge in [-0.25, -0.2) is 9.97 Å². The molecule has 6 nitrogen and oxygen atoms in total. The van der Waals surface area contributed by atoms with Crippen molar-refractivity contribution in [2.24, 2.45) is 5.92 Å². The van der Waals surface area contributed by atoms with Crippen LogP contribution in [0.4, 0.5) is 9.70 Å². The molecular formula is C13H11BrFN3O3S. The molecule has 0 bridgehead atoms. The molecule has 116 valence electrons. The second kappa shape index (κ2) is 5.54. The average Bonchev–Trinajstić information content (AvgIpc) is 2.76. The molecule has 9 heteroatoms. The summed E-state index contributed by atoms with van der Waals surface area (Å²) in [6, 6.07) is 5.40. The van der Waals surface area contributed by atoms with Crippen LogP contribution in [0.1, 0.15) is 6.42 Å². The van der Waals surface area contributed by atoms with Crippen LogP contribution < -0.4 is 4.90 Å². The number of carbonyl (C=O) groups is 1. The molecule has 1 amide bonds. The van der Waals surface area contributed by atoms with E-state index in [0.29, 0.717) is 16.7 Å². The van der Waals surface area contributed by atoms with E-state index in [1.165, 1.54) is 11.2 Å². The van der Waals surface area contributed by atoms with Gasteiger partial charge in [0.2, 0.25) is 5.91 Å². The van der Waals surface area contributed by atoms with Gasteiger partial charge in [-0.2, -0.15) is 8.42 Å². The van der Waals surface area contributed by atoms with Gasteiger partial charge in [-0.1, -0.05) is 15.9 Å². The highest BCUT2D eigenvalue weighted by Crippen LogP contribution is 2.31. The van der Waals surface area contributed by atoms with Gasteiger partial charge < -0.3 is 0 Å². The van der Waals surface area contributed by atoms with E-state index in [1.807, 2.05) is 6.07 Å². The number of carbonyl (C=O) groups excluding carboxylic acids is 1. The zero-order valence-electron chi connectivity index (χ0n) is 11.2. The van der Waals surface area contributed by atoms with Gasteiger partial charge in [0.05, 0.1) is 11.3 Å². The molecule has 2 aromatic rings. The molecule has 0 saturated carbocycles. The SMILES string of the molecule is O=C1CC(CS(=O)(=O)F)CN1c1ncnc2ccc(Br)cc12. The molecule has 3 rings (SSSR count). The molecule has 0 N–H and O–H groups in total. The third kappa shape index (κ3) is 3.09. The molecule has 2 heterocycles.